The minimum Gasteiger partial charge on any atom is -0.384 e. The van der Waals surface area contributed by atoms with Gasteiger partial charge in [0.15, 0.2) is 0 Å². The SMILES string of the molecule is CSCCC(C)NC(=O)c1cc(C)cc(C#CCO)c1. The summed E-state index contributed by atoms with van der Waals surface area (Å²) < 4.78 is 0. The highest BCUT2D eigenvalue weighted by Crippen LogP contribution is 2.10. The van der Waals surface area contributed by atoms with Gasteiger partial charge < -0.3 is 10.4 Å². The fourth-order valence-corrected chi connectivity index (χ4v) is 2.39. The van der Waals surface area contributed by atoms with Gasteiger partial charge in [-0.2, -0.15) is 11.8 Å². The van der Waals surface area contributed by atoms with Crippen molar-refractivity contribution in [3.8, 4) is 11.8 Å². The third-order valence-electron chi connectivity index (χ3n) is 2.78. The number of aliphatic hydroxyl groups is 1. The highest BCUT2D eigenvalue weighted by Gasteiger charge is 2.10. The molecule has 1 aromatic carbocycles. The van der Waals surface area contributed by atoms with Crippen LogP contribution >= 0.6 is 11.8 Å². The monoisotopic (exact) mass is 291 g/mol. The smallest absolute Gasteiger partial charge is 0.251 e. The Morgan fingerprint density at radius 3 is 2.85 bits per heavy atom. The summed E-state index contributed by atoms with van der Waals surface area (Å²) in [6.45, 7) is 3.76. The van der Waals surface area contributed by atoms with Gasteiger partial charge in [0.1, 0.15) is 6.61 Å². The van der Waals surface area contributed by atoms with Crippen LogP contribution in [0.15, 0.2) is 18.2 Å². The van der Waals surface area contributed by atoms with Gasteiger partial charge in [-0.3, -0.25) is 4.79 Å². The quantitative estimate of drug-likeness (QED) is 0.818. The van der Waals surface area contributed by atoms with Crippen LogP contribution in [0, 0.1) is 18.8 Å². The van der Waals surface area contributed by atoms with Crippen molar-refractivity contribution in [3.05, 3.63) is 34.9 Å². The Labute approximate surface area is 125 Å². The molecule has 0 heterocycles. The first kappa shape index (κ1) is 16.6. The van der Waals surface area contributed by atoms with Gasteiger partial charge in [-0.1, -0.05) is 11.8 Å². The van der Waals surface area contributed by atoms with Gasteiger partial charge in [0.25, 0.3) is 5.91 Å². The topological polar surface area (TPSA) is 49.3 Å². The largest absolute Gasteiger partial charge is 0.384 e. The molecule has 3 nitrogen and oxygen atoms in total. The Balaban J connectivity index is 2.79. The van der Waals surface area contributed by atoms with E-state index in [4.69, 9.17) is 5.11 Å². The molecular formula is C16H21NO2S. The molecule has 4 heteroatoms. The van der Waals surface area contributed by atoms with Gasteiger partial charge in [0.05, 0.1) is 0 Å². The molecule has 1 amide bonds. The maximum absolute atomic E-state index is 12.2. The number of aliphatic hydroxyl groups excluding tert-OH is 1. The van der Waals surface area contributed by atoms with E-state index in [9.17, 15) is 4.79 Å². The van der Waals surface area contributed by atoms with E-state index in [1.54, 1.807) is 17.8 Å². The Hall–Kier alpha value is -1.44. The highest BCUT2D eigenvalue weighted by molar-refractivity contribution is 7.98. The molecule has 0 aliphatic heterocycles. The van der Waals surface area contributed by atoms with E-state index < -0.39 is 0 Å². The van der Waals surface area contributed by atoms with Gasteiger partial charge in [0, 0.05) is 17.2 Å². The molecule has 0 aromatic heterocycles. The lowest BCUT2D eigenvalue weighted by Gasteiger charge is -2.13. The van der Waals surface area contributed by atoms with E-state index in [0.29, 0.717) is 5.56 Å². The van der Waals surface area contributed by atoms with Crippen LogP contribution in [0.5, 0.6) is 0 Å². The van der Waals surface area contributed by atoms with Crippen LogP contribution in [0.2, 0.25) is 0 Å². The highest BCUT2D eigenvalue weighted by atomic mass is 32.2. The molecule has 1 rings (SSSR count). The van der Waals surface area contributed by atoms with Crippen molar-refractivity contribution in [3.63, 3.8) is 0 Å². The summed E-state index contributed by atoms with van der Waals surface area (Å²) in [7, 11) is 0. The van der Waals surface area contributed by atoms with Crippen molar-refractivity contribution in [1.82, 2.24) is 5.32 Å². The first-order chi connectivity index (χ1) is 9.56. The third kappa shape index (κ3) is 5.68. The van der Waals surface area contributed by atoms with Gasteiger partial charge in [0.2, 0.25) is 0 Å². The molecule has 1 atom stereocenters. The van der Waals surface area contributed by atoms with Crippen molar-refractivity contribution >= 4 is 17.7 Å². The number of thioether (sulfide) groups is 1. The van der Waals surface area contributed by atoms with Crippen molar-refractivity contribution in [2.75, 3.05) is 18.6 Å². The number of carbonyl (C=O) groups is 1. The van der Waals surface area contributed by atoms with Crippen molar-refractivity contribution in [1.29, 1.82) is 0 Å². The van der Waals surface area contributed by atoms with Gasteiger partial charge in [-0.15, -0.1) is 0 Å². The summed E-state index contributed by atoms with van der Waals surface area (Å²) in [5.41, 5.74) is 2.35. The maximum Gasteiger partial charge on any atom is 0.251 e. The van der Waals surface area contributed by atoms with Crippen LogP contribution in [0.4, 0.5) is 0 Å². The number of hydrogen-bond donors (Lipinski definition) is 2. The predicted octanol–water partition coefficient (Wildman–Crippen LogP) is 2.21. The second-order valence-corrected chi connectivity index (χ2v) is 5.69. The minimum absolute atomic E-state index is 0.0747. The molecule has 0 spiro atoms. The van der Waals surface area contributed by atoms with E-state index in [-0.39, 0.29) is 18.6 Å². The van der Waals surface area contributed by atoms with Crippen LogP contribution in [0.3, 0.4) is 0 Å². The summed E-state index contributed by atoms with van der Waals surface area (Å²) in [6, 6.07) is 5.66. The number of rotatable bonds is 5. The van der Waals surface area contributed by atoms with E-state index in [2.05, 4.69) is 23.4 Å². The second-order valence-electron chi connectivity index (χ2n) is 4.70. The Morgan fingerprint density at radius 1 is 1.45 bits per heavy atom. The molecule has 20 heavy (non-hydrogen) atoms. The van der Waals surface area contributed by atoms with Crippen molar-refractivity contribution < 1.29 is 9.90 Å². The molecule has 0 bridgehead atoms. The fraction of sp³-hybridized carbons (Fsp3) is 0.438. The number of amides is 1. The zero-order valence-electron chi connectivity index (χ0n) is 12.2. The van der Waals surface area contributed by atoms with Crippen LogP contribution in [-0.4, -0.2) is 35.7 Å². The van der Waals surface area contributed by atoms with Crippen LogP contribution < -0.4 is 5.32 Å². The molecule has 0 fully saturated rings. The lowest BCUT2D eigenvalue weighted by molar-refractivity contribution is 0.0939. The normalized spacial score (nSPS) is 11.4. The molecule has 1 unspecified atom stereocenters. The average Bonchev–Trinajstić information content (AvgIpc) is 2.42. The van der Waals surface area contributed by atoms with E-state index in [1.165, 1.54) is 0 Å². The second kappa shape index (κ2) is 8.68. The summed E-state index contributed by atoms with van der Waals surface area (Å²) >= 11 is 1.77. The first-order valence-corrected chi connectivity index (χ1v) is 7.97. The zero-order chi connectivity index (χ0) is 15.0. The van der Waals surface area contributed by atoms with E-state index in [1.807, 2.05) is 26.0 Å². The van der Waals surface area contributed by atoms with Crippen LogP contribution in [-0.2, 0) is 0 Å². The summed E-state index contributed by atoms with van der Waals surface area (Å²) in [4.78, 5) is 12.2. The number of benzene rings is 1. The molecule has 2 N–H and O–H groups in total. The molecule has 0 aliphatic carbocycles. The van der Waals surface area contributed by atoms with Crippen LogP contribution in [0.25, 0.3) is 0 Å². The summed E-state index contributed by atoms with van der Waals surface area (Å²) in [6.07, 6.45) is 3.01. The van der Waals surface area contributed by atoms with Gasteiger partial charge in [-0.25, -0.2) is 0 Å². The molecule has 0 saturated heterocycles. The third-order valence-corrected chi connectivity index (χ3v) is 3.43. The number of aryl methyl sites for hydroxylation is 1. The maximum atomic E-state index is 12.2. The van der Waals surface area contributed by atoms with Crippen molar-refractivity contribution in [2.24, 2.45) is 0 Å². The first-order valence-electron chi connectivity index (χ1n) is 6.58. The zero-order valence-corrected chi connectivity index (χ0v) is 13.0. The molecule has 0 radical (unpaired) electrons. The Kier molecular flexibility index (Phi) is 7.21. The van der Waals surface area contributed by atoms with Crippen LogP contribution in [0.1, 0.15) is 34.8 Å². The standard InChI is InChI=1S/C16H21NO2S/c1-12-9-14(5-4-7-18)11-15(10-12)16(19)17-13(2)6-8-20-3/h9-11,13,18H,6-8H2,1-3H3,(H,17,19). The summed E-state index contributed by atoms with van der Waals surface area (Å²) in [5, 5.41) is 11.7. The Morgan fingerprint density at radius 2 is 2.20 bits per heavy atom. The molecule has 108 valence electrons. The Bertz CT molecular complexity index is 517. The molecule has 1 aromatic rings. The van der Waals surface area contributed by atoms with E-state index >= 15 is 0 Å². The van der Waals surface area contributed by atoms with E-state index in [0.717, 1.165) is 23.3 Å². The number of nitrogens with one attached hydrogen (secondary N) is 1. The lowest BCUT2D eigenvalue weighted by atomic mass is 10.1. The number of carbonyl (C=O) groups excluding carboxylic acids is 1. The predicted molar refractivity (Wildman–Crippen MR) is 85.1 cm³/mol. The summed E-state index contributed by atoms with van der Waals surface area (Å²) in [5.74, 6) is 6.39. The fourth-order valence-electron chi connectivity index (χ4n) is 1.80. The van der Waals surface area contributed by atoms with Gasteiger partial charge in [-0.05, 0) is 56.0 Å². The molecular weight excluding hydrogens is 270 g/mol. The van der Waals surface area contributed by atoms with Crippen molar-refractivity contribution in [2.45, 2.75) is 26.3 Å². The number of hydrogen-bond acceptors (Lipinski definition) is 3. The van der Waals surface area contributed by atoms with Gasteiger partial charge >= 0.3 is 0 Å². The minimum atomic E-state index is -0.179. The lowest BCUT2D eigenvalue weighted by Crippen LogP contribution is -2.33. The molecule has 0 aliphatic rings. The molecule has 0 saturated carbocycles. The average molecular weight is 291 g/mol.